The summed E-state index contributed by atoms with van der Waals surface area (Å²) < 4.78 is 25.0. The second kappa shape index (κ2) is 7.48. The van der Waals surface area contributed by atoms with Crippen LogP contribution in [0.5, 0.6) is 5.75 Å². The van der Waals surface area contributed by atoms with Crippen molar-refractivity contribution in [2.45, 2.75) is 13.0 Å². The van der Waals surface area contributed by atoms with Gasteiger partial charge < -0.3 is 9.26 Å². The number of ether oxygens (including phenoxy) is 1. The third kappa shape index (κ3) is 4.24. The van der Waals surface area contributed by atoms with Gasteiger partial charge in [-0.05, 0) is 31.2 Å². The number of benzene rings is 2. The van der Waals surface area contributed by atoms with Crippen LogP contribution < -0.4 is 10.1 Å². The summed E-state index contributed by atoms with van der Waals surface area (Å²) in [4.78, 5) is 12.2. The van der Waals surface area contributed by atoms with E-state index < -0.39 is 17.8 Å². The topological polar surface area (TPSA) is 64.4 Å². The highest BCUT2D eigenvalue weighted by atomic mass is 79.9. The Kier molecular flexibility index (Phi) is 5.14. The van der Waals surface area contributed by atoms with Crippen molar-refractivity contribution in [2.75, 3.05) is 5.32 Å². The Labute approximate surface area is 151 Å². The van der Waals surface area contributed by atoms with Gasteiger partial charge >= 0.3 is 0 Å². The number of amides is 1. The lowest BCUT2D eigenvalue weighted by Crippen LogP contribution is -2.30. The average molecular weight is 405 g/mol. The van der Waals surface area contributed by atoms with E-state index in [1.807, 2.05) is 24.3 Å². The molecule has 0 aliphatic rings. The lowest BCUT2D eigenvalue weighted by Gasteiger charge is -2.13. The first-order chi connectivity index (χ1) is 12.0. The number of hydrogen-bond acceptors (Lipinski definition) is 4. The van der Waals surface area contributed by atoms with Crippen molar-refractivity contribution in [3.63, 3.8) is 0 Å². The summed E-state index contributed by atoms with van der Waals surface area (Å²) in [5, 5.41) is 6.48. The van der Waals surface area contributed by atoms with Gasteiger partial charge in [-0.15, -0.1) is 0 Å². The zero-order chi connectivity index (χ0) is 17.8. The molecule has 0 radical (unpaired) electrons. The lowest BCUT2D eigenvalue weighted by atomic mass is 10.1. The van der Waals surface area contributed by atoms with Crippen LogP contribution in [0.3, 0.4) is 0 Å². The van der Waals surface area contributed by atoms with E-state index in [1.54, 1.807) is 18.2 Å². The lowest BCUT2D eigenvalue weighted by molar-refractivity contribution is -0.122. The summed E-state index contributed by atoms with van der Waals surface area (Å²) in [6.45, 7) is 1.52. The molecule has 5 nitrogen and oxygen atoms in total. The molecular formula is C18H14BrFN2O3. The number of anilines is 1. The highest BCUT2D eigenvalue weighted by molar-refractivity contribution is 9.10. The quantitative estimate of drug-likeness (QED) is 0.671. The van der Waals surface area contributed by atoms with Gasteiger partial charge in [0.25, 0.3) is 5.91 Å². The molecule has 1 N–H and O–H groups in total. The fourth-order valence-electron chi connectivity index (χ4n) is 2.10. The first-order valence-corrected chi connectivity index (χ1v) is 8.27. The van der Waals surface area contributed by atoms with Crippen LogP contribution in [0.15, 0.2) is 63.6 Å². The SMILES string of the molecule is C[C@H](Oc1ccccc1F)C(=O)Nc1cc(-c2ccc(Br)cc2)no1. The molecule has 25 heavy (non-hydrogen) atoms. The molecule has 0 bridgehead atoms. The van der Waals surface area contributed by atoms with Crippen LogP contribution in [0.1, 0.15) is 6.92 Å². The summed E-state index contributed by atoms with van der Waals surface area (Å²) in [5.41, 5.74) is 1.44. The van der Waals surface area contributed by atoms with Gasteiger partial charge in [-0.25, -0.2) is 4.39 Å². The molecule has 0 aliphatic carbocycles. The molecule has 7 heteroatoms. The number of rotatable bonds is 5. The summed E-state index contributed by atoms with van der Waals surface area (Å²) in [6, 6.07) is 15.0. The molecule has 0 saturated heterocycles. The van der Waals surface area contributed by atoms with E-state index in [1.165, 1.54) is 19.1 Å². The predicted octanol–water partition coefficient (Wildman–Crippen LogP) is 4.65. The smallest absolute Gasteiger partial charge is 0.267 e. The largest absolute Gasteiger partial charge is 0.478 e. The Balaban J connectivity index is 1.65. The van der Waals surface area contributed by atoms with Gasteiger partial charge in [0.15, 0.2) is 17.7 Å². The van der Waals surface area contributed by atoms with Crippen LogP contribution in [-0.2, 0) is 4.79 Å². The third-order valence-electron chi connectivity index (χ3n) is 3.41. The molecule has 1 amide bonds. The number of aromatic nitrogens is 1. The first kappa shape index (κ1) is 17.2. The van der Waals surface area contributed by atoms with Crippen molar-refractivity contribution in [3.05, 3.63) is 64.9 Å². The second-order valence-corrected chi connectivity index (χ2v) is 6.18. The van der Waals surface area contributed by atoms with Crippen molar-refractivity contribution < 1.29 is 18.4 Å². The molecule has 1 heterocycles. The Morgan fingerprint density at radius 3 is 2.68 bits per heavy atom. The maximum atomic E-state index is 13.6. The summed E-state index contributed by atoms with van der Waals surface area (Å²) >= 11 is 3.36. The molecule has 1 atom stereocenters. The van der Waals surface area contributed by atoms with E-state index in [-0.39, 0.29) is 11.6 Å². The number of halogens is 2. The molecule has 0 unspecified atom stereocenters. The van der Waals surface area contributed by atoms with Gasteiger partial charge in [-0.3, -0.25) is 10.1 Å². The van der Waals surface area contributed by atoms with Crippen molar-refractivity contribution in [1.29, 1.82) is 0 Å². The molecule has 0 saturated carbocycles. The van der Waals surface area contributed by atoms with Crippen LogP contribution >= 0.6 is 15.9 Å². The van der Waals surface area contributed by atoms with E-state index in [4.69, 9.17) is 9.26 Å². The zero-order valence-corrected chi connectivity index (χ0v) is 14.8. The minimum Gasteiger partial charge on any atom is -0.478 e. The molecule has 2 aromatic carbocycles. The minimum absolute atomic E-state index is 0.0123. The summed E-state index contributed by atoms with van der Waals surface area (Å²) in [7, 11) is 0. The van der Waals surface area contributed by atoms with Gasteiger partial charge in [0.05, 0.1) is 0 Å². The number of nitrogens with one attached hydrogen (secondary N) is 1. The third-order valence-corrected chi connectivity index (χ3v) is 3.93. The van der Waals surface area contributed by atoms with Gasteiger partial charge in [-0.2, -0.15) is 0 Å². The molecule has 1 aromatic heterocycles. The molecule has 3 aromatic rings. The Morgan fingerprint density at radius 2 is 1.96 bits per heavy atom. The highest BCUT2D eigenvalue weighted by Crippen LogP contribution is 2.24. The minimum atomic E-state index is -0.905. The van der Waals surface area contributed by atoms with Crippen LogP contribution in [0.25, 0.3) is 11.3 Å². The highest BCUT2D eigenvalue weighted by Gasteiger charge is 2.18. The van der Waals surface area contributed by atoms with Gasteiger partial charge in [-0.1, -0.05) is 45.4 Å². The van der Waals surface area contributed by atoms with Crippen molar-refractivity contribution in [2.24, 2.45) is 0 Å². The van der Waals surface area contributed by atoms with Crippen LogP contribution in [0.4, 0.5) is 10.3 Å². The number of carbonyl (C=O) groups excluding carboxylic acids is 1. The van der Waals surface area contributed by atoms with Crippen molar-refractivity contribution in [1.82, 2.24) is 5.16 Å². The monoisotopic (exact) mass is 404 g/mol. The standard InChI is InChI=1S/C18H14BrFN2O3/c1-11(24-16-5-3-2-4-14(16)20)18(23)21-17-10-15(22-25-17)12-6-8-13(19)9-7-12/h2-11H,1H3,(H,21,23)/t11-/m0/s1. The zero-order valence-electron chi connectivity index (χ0n) is 13.2. The van der Waals surface area contributed by atoms with E-state index in [0.717, 1.165) is 10.0 Å². The first-order valence-electron chi connectivity index (χ1n) is 7.47. The van der Waals surface area contributed by atoms with Crippen molar-refractivity contribution in [3.8, 4) is 17.0 Å². The second-order valence-electron chi connectivity index (χ2n) is 5.26. The summed E-state index contributed by atoms with van der Waals surface area (Å²) in [6.07, 6.45) is -0.905. The van der Waals surface area contributed by atoms with E-state index >= 15 is 0 Å². The predicted molar refractivity (Wildman–Crippen MR) is 94.8 cm³/mol. The molecule has 0 spiro atoms. The van der Waals surface area contributed by atoms with Crippen LogP contribution in [0.2, 0.25) is 0 Å². The fraction of sp³-hybridized carbons (Fsp3) is 0.111. The molecular weight excluding hydrogens is 391 g/mol. The van der Waals surface area contributed by atoms with E-state index in [2.05, 4.69) is 26.4 Å². The maximum Gasteiger partial charge on any atom is 0.267 e. The van der Waals surface area contributed by atoms with Gasteiger partial charge in [0.2, 0.25) is 5.88 Å². The van der Waals surface area contributed by atoms with Crippen LogP contribution in [0, 0.1) is 5.82 Å². The van der Waals surface area contributed by atoms with Crippen molar-refractivity contribution >= 4 is 27.7 Å². The molecule has 0 fully saturated rings. The maximum absolute atomic E-state index is 13.6. The number of carbonyl (C=O) groups is 1. The van der Waals surface area contributed by atoms with Gasteiger partial charge in [0, 0.05) is 16.1 Å². The average Bonchev–Trinajstić information content (AvgIpc) is 3.06. The molecule has 128 valence electrons. The number of hydrogen-bond donors (Lipinski definition) is 1. The Hall–Kier alpha value is -2.67. The normalized spacial score (nSPS) is 11.8. The fourth-order valence-corrected chi connectivity index (χ4v) is 2.36. The summed E-state index contributed by atoms with van der Waals surface area (Å²) in [5.74, 6) is -0.800. The molecule has 0 aliphatic heterocycles. The van der Waals surface area contributed by atoms with E-state index in [0.29, 0.717) is 5.69 Å². The van der Waals surface area contributed by atoms with Crippen LogP contribution in [-0.4, -0.2) is 17.2 Å². The Morgan fingerprint density at radius 1 is 1.24 bits per heavy atom. The van der Waals surface area contributed by atoms with E-state index in [9.17, 15) is 9.18 Å². The molecule has 3 rings (SSSR count). The Bertz CT molecular complexity index is 880. The number of para-hydroxylation sites is 1. The van der Waals surface area contributed by atoms with Gasteiger partial charge in [0.1, 0.15) is 5.69 Å². The number of nitrogens with zero attached hydrogens (tertiary/aromatic N) is 1.